The van der Waals surface area contributed by atoms with Gasteiger partial charge in [0, 0.05) is 22.1 Å². The zero-order valence-electron chi connectivity index (χ0n) is 10.9. The summed E-state index contributed by atoms with van der Waals surface area (Å²) >= 11 is 0. The molecule has 2 nitrogen and oxygen atoms in total. The molecule has 1 unspecified atom stereocenters. The van der Waals surface area contributed by atoms with Crippen molar-refractivity contribution in [2.45, 2.75) is 32.6 Å². The van der Waals surface area contributed by atoms with Gasteiger partial charge in [0.2, 0.25) is 0 Å². The van der Waals surface area contributed by atoms with E-state index in [9.17, 15) is 9.00 Å². The third-order valence-corrected chi connectivity index (χ3v) is 4.99. The number of carbonyl (C=O) groups is 1. The fourth-order valence-corrected chi connectivity index (χ4v) is 3.90. The molecule has 1 atom stereocenters. The SMILES string of the molecule is Cc1ccc(C(=O)CS(=O)CC2CCCC2)cc1. The van der Waals surface area contributed by atoms with Crippen LogP contribution >= 0.6 is 0 Å². The van der Waals surface area contributed by atoms with Gasteiger partial charge in [-0.2, -0.15) is 0 Å². The Bertz CT molecular complexity index is 430. The first-order valence-corrected chi connectivity index (χ1v) is 8.09. The van der Waals surface area contributed by atoms with E-state index >= 15 is 0 Å². The van der Waals surface area contributed by atoms with Crippen LogP contribution in [0.4, 0.5) is 0 Å². The molecule has 0 aliphatic heterocycles. The second-order valence-corrected chi connectivity index (χ2v) is 6.69. The van der Waals surface area contributed by atoms with Crippen LogP contribution in [0.5, 0.6) is 0 Å². The van der Waals surface area contributed by atoms with Crippen molar-refractivity contribution in [3.05, 3.63) is 35.4 Å². The lowest BCUT2D eigenvalue weighted by atomic mass is 10.1. The molecule has 0 N–H and O–H groups in total. The highest BCUT2D eigenvalue weighted by molar-refractivity contribution is 7.85. The minimum absolute atomic E-state index is 0.00586. The molecule has 1 aliphatic rings. The lowest BCUT2D eigenvalue weighted by Gasteiger charge is -2.08. The van der Waals surface area contributed by atoms with Crippen molar-refractivity contribution in [1.29, 1.82) is 0 Å². The number of Topliss-reactive ketones (excluding diaryl/α,β-unsaturated/α-hetero) is 1. The number of hydrogen-bond donors (Lipinski definition) is 0. The average Bonchev–Trinajstić information content (AvgIpc) is 2.82. The van der Waals surface area contributed by atoms with E-state index in [1.807, 2.05) is 31.2 Å². The molecule has 0 bridgehead atoms. The van der Waals surface area contributed by atoms with Gasteiger partial charge in [-0.05, 0) is 25.7 Å². The average molecular weight is 264 g/mol. The number of carbonyl (C=O) groups excluding carboxylic acids is 1. The molecule has 1 saturated carbocycles. The van der Waals surface area contributed by atoms with E-state index in [2.05, 4.69) is 0 Å². The summed E-state index contributed by atoms with van der Waals surface area (Å²) in [6.45, 7) is 1.99. The zero-order chi connectivity index (χ0) is 13.0. The molecule has 0 amide bonds. The van der Waals surface area contributed by atoms with Gasteiger partial charge in [-0.1, -0.05) is 42.7 Å². The zero-order valence-corrected chi connectivity index (χ0v) is 11.7. The number of ketones is 1. The Morgan fingerprint density at radius 2 is 1.83 bits per heavy atom. The second kappa shape index (κ2) is 6.28. The van der Waals surface area contributed by atoms with Crippen LogP contribution in [0.1, 0.15) is 41.6 Å². The number of benzene rings is 1. The Morgan fingerprint density at radius 1 is 1.22 bits per heavy atom. The molecular weight excluding hydrogens is 244 g/mol. The normalized spacial score (nSPS) is 17.8. The van der Waals surface area contributed by atoms with E-state index in [0.717, 1.165) is 5.56 Å². The van der Waals surface area contributed by atoms with Crippen molar-refractivity contribution >= 4 is 16.6 Å². The Balaban J connectivity index is 1.86. The molecule has 1 fully saturated rings. The van der Waals surface area contributed by atoms with Gasteiger partial charge in [-0.25, -0.2) is 0 Å². The second-order valence-electron chi connectivity index (χ2n) is 5.19. The topological polar surface area (TPSA) is 34.1 Å². The molecule has 0 heterocycles. The smallest absolute Gasteiger partial charge is 0.175 e. The first-order chi connectivity index (χ1) is 8.65. The maximum absolute atomic E-state index is 11.9. The summed E-state index contributed by atoms with van der Waals surface area (Å²) in [5.74, 6) is 1.47. The molecule has 1 aromatic carbocycles. The first-order valence-electron chi connectivity index (χ1n) is 6.60. The van der Waals surface area contributed by atoms with Crippen LogP contribution in [0.3, 0.4) is 0 Å². The van der Waals surface area contributed by atoms with E-state index in [1.54, 1.807) is 0 Å². The number of hydrogen-bond acceptors (Lipinski definition) is 2. The van der Waals surface area contributed by atoms with Gasteiger partial charge in [0.25, 0.3) is 0 Å². The Hall–Kier alpha value is -0.960. The summed E-state index contributed by atoms with van der Waals surface area (Å²) < 4.78 is 11.9. The van der Waals surface area contributed by atoms with Crippen molar-refractivity contribution in [2.75, 3.05) is 11.5 Å². The molecule has 0 spiro atoms. The molecule has 0 saturated heterocycles. The van der Waals surface area contributed by atoms with Crippen molar-refractivity contribution in [3.8, 4) is 0 Å². The quantitative estimate of drug-likeness (QED) is 0.766. The third kappa shape index (κ3) is 3.77. The lowest BCUT2D eigenvalue weighted by Crippen LogP contribution is -2.17. The van der Waals surface area contributed by atoms with Crippen LogP contribution in [0.15, 0.2) is 24.3 Å². The predicted molar refractivity (Wildman–Crippen MR) is 75.3 cm³/mol. The van der Waals surface area contributed by atoms with Crippen LogP contribution in [-0.2, 0) is 10.8 Å². The van der Waals surface area contributed by atoms with E-state index in [1.165, 1.54) is 25.7 Å². The van der Waals surface area contributed by atoms with Crippen LogP contribution in [0, 0.1) is 12.8 Å². The number of aryl methyl sites for hydroxylation is 1. The van der Waals surface area contributed by atoms with Gasteiger partial charge in [0.05, 0.1) is 5.75 Å². The molecule has 0 aromatic heterocycles. The Morgan fingerprint density at radius 3 is 2.44 bits per heavy atom. The molecule has 18 heavy (non-hydrogen) atoms. The van der Waals surface area contributed by atoms with Gasteiger partial charge in [0.15, 0.2) is 5.78 Å². The Kier molecular flexibility index (Phi) is 4.70. The van der Waals surface area contributed by atoms with Gasteiger partial charge in [0.1, 0.15) is 0 Å². The van der Waals surface area contributed by atoms with Crippen molar-refractivity contribution < 1.29 is 9.00 Å². The molecule has 3 heteroatoms. The molecule has 98 valence electrons. The molecular formula is C15H20O2S. The van der Waals surface area contributed by atoms with Crippen molar-refractivity contribution in [1.82, 2.24) is 0 Å². The van der Waals surface area contributed by atoms with Gasteiger partial charge >= 0.3 is 0 Å². The summed E-state index contributed by atoms with van der Waals surface area (Å²) in [6, 6.07) is 7.50. The third-order valence-electron chi connectivity index (χ3n) is 3.56. The van der Waals surface area contributed by atoms with Crippen molar-refractivity contribution in [3.63, 3.8) is 0 Å². The highest BCUT2D eigenvalue weighted by Gasteiger charge is 2.19. The summed E-state index contributed by atoms with van der Waals surface area (Å²) in [5.41, 5.74) is 1.82. The maximum Gasteiger partial charge on any atom is 0.175 e. The summed E-state index contributed by atoms with van der Waals surface area (Å²) in [5, 5.41) is 0. The van der Waals surface area contributed by atoms with Crippen LogP contribution in [0.2, 0.25) is 0 Å². The Labute approximate surface area is 111 Å². The van der Waals surface area contributed by atoms with Crippen LogP contribution in [0.25, 0.3) is 0 Å². The summed E-state index contributed by atoms with van der Waals surface area (Å²) in [6.07, 6.45) is 4.89. The molecule has 0 radical (unpaired) electrons. The van der Waals surface area contributed by atoms with Crippen LogP contribution < -0.4 is 0 Å². The fourth-order valence-electron chi connectivity index (χ4n) is 2.47. The molecule has 1 aliphatic carbocycles. The van der Waals surface area contributed by atoms with Crippen LogP contribution in [-0.4, -0.2) is 21.5 Å². The van der Waals surface area contributed by atoms with E-state index in [0.29, 0.717) is 17.2 Å². The minimum atomic E-state index is -0.995. The standard InChI is InChI=1S/C15H20O2S/c1-12-6-8-14(9-7-12)15(16)11-18(17)10-13-4-2-3-5-13/h6-9,13H,2-5,10-11H2,1H3. The lowest BCUT2D eigenvalue weighted by molar-refractivity contribution is 0.102. The maximum atomic E-state index is 11.9. The summed E-state index contributed by atoms with van der Waals surface area (Å²) in [4.78, 5) is 11.9. The van der Waals surface area contributed by atoms with E-state index < -0.39 is 10.8 Å². The molecule has 1 aromatic rings. The fraction of sp³-hybridized carbons (Fsp3) is 0.533. The minimum Gasteiger partial charge on any atom is -0.293 e. The highest BCUT2D eigenvalue weighted by atomic mass is 32.2. The van der Waals surface area contributed by atoms with E-state index in [4.69, 9.17) is 0 Å². The largest absolute Gasteiger partial charge is 0.293 e. The predicted octanol–water partition coefficient (Wildman–Crippen LogP) is 3.12. The van der Waals surface area contributed by atoms with Gasteiger partial charge in [-0.3, -0.25) is 9.00 Å². The van der Waals surface area contributed by atoms with Gasteiger partial charge < -0.3 is 0 Å². The highest BCUT2D eigenvalue weighted by Crippen LogP contribution is 2.25. The van der Waals surface area contributed by atoms with E-state index in [-0.39, 0.29) is 11.5 Å². The first kappa shape index (κ1) is 13.5. The monoisotopic (exact) mass is 264 g/mol. The number of rotatable bonds is 5. The van der Waals surface area contributed by atoms with Crippen molar-refractivity contribution in [2.24, 2.45) is 5.92 Å². The molecule has 2 rings (SSSR count). The van der Waals surface area contributed by atoms with Gasteiger partial charge in [-0.15, -0.1) is 0 Å². The summed E-state index contributed by atoms with van der Waals surface area (Å²) in [7, 11) is -0.995.